The topological polar surface area (TPSA) is 84.9 Å². The predicted molar refractivity (Wildman–Crippen MR) is 125 cm³/mol. The third kappa shape index (κ3) is 4.86. The van der Waals surface area contributed by atoms with E-state index in [0.717, 1.165) is 4.31 Å². The van der Waals surface area contributed by atoms with Gasteiger partial charge < -0.3 is 14.8 Å². The molecule has 1 amide bonds. The Balaban J connectivity index is 1.89. The third-order valence-corrected chi connectivity index (χ3v) is 6.73. The van der Waals surface area contributed by atoms with Crippen LogP contribution in [0.5, 0.6) is 11.5 Å². The van der Waals surface area contributed by atoms with E-state index in [1.54, 1.807) is 61.5 Å². The lowest BCUT2D eigenvalue weighted by Crippen LogP contribution is -2.27. The predicted octanol–water partition coefficient (Wildman–Crippen LogP) is 4.48. The van der Waals surface area contributed by atoms with Gasteiger partial charge in [-0.1, -0.05) is 18.2 Å². The van der Waals surface area contributed by atoms with E-state index in [2.05, 4.69) is 5.32 Å². The summed E-state index contributed by atoms with van der Waals surface area (Å²) in [5.74, 6) is 0.733. The first kappa shape index (κ1) is 23.1. The number of amides is 1. The van der Waals surface area contributed by atoms with Gasteiger partial charge in [0, 0.05) is 18.3 Å². The van der Waals surface area contributed by atoms with Crippen LogP contribution in [-0.2, 0) is 10.0 Å². The molecule has 1 N–H and O–H groups in total. The van der Waals surface area contributed by atoms with Crippen molar-refractivity contribution in [2.24, 2.45) is 0 Å². The van der Waals surface area contributed by atoms with Crippen LogP contribution in [-0.4, -0.2) is 35.1 Å². The molecular weight excluding hydrogens is 428 g/mol. The standard InChI is InChI=1S/C24H26N2O5S/c1-5-31-19-13-11-18(12-14-19)25-24(27)21-16-20(15-10-17(21)2)32(28,29)26(3)22-8-6-7-9-23(22)30-4/h6-16H,5H2,1-4H3,(H,25,27). The highest BCUT2D eigenvalue weighted by atomic mass is 32.2. The Labute approximate surface area is 188 Å². The highest BCUT2D eigenvalue weighted by Gasteiger charge is 2.25. The third-order valence-electron chi connectivity index (χ3n) is 4.96. The summed E-state index contributed by atoms with van der Waals surface area (Å²) in [6.07, 6.45) is 0. The van der Waals surface area contributed by atoms with Crippen LogP contribution in [0.4, 0.5) is 11.4 Å². The maximum absolute atomic E-state index is 13.3. The molecule has 0 atom stereocenters. The van der Waals surface area contributed by atoms with Crippen molar-refractivity contribution in [1.82, 2.24) is 0 Å². The molecular formula is C24H26N2O5S. The van der Waals surface area contributed by atoms with E-state index in [4.69, 9.17) is 9.47 Å². The molecule has 0 fully saturated rings. The minimum atomic E-state index is -3.93. The first-order valence-electron chi connectivity index (χ1n) is 10.0. The number of benzene rings is 3. The van der Waals surface area contributed by atoms with Crippen LogP contribution in [0, 0.1) is 6.92 Å². The van der Waals surface area contributed by atoms with Crippen LogP contribution in [0.3, 0.4) is 0 Å². The zero-order valence-corrected chi connectivity index (χ0v) is 19.3. The molecule has 0 saturated heterocycles. The summed E-state index contributed by atoms with van der Waals surface area (Å²) in [5, 5.41) is 2.80. The van der Waals surface area contributed by atoms with Crippen molar-refractivity contribution in [3.8, 4) is 11.5 Å². The van der Waals surface area contributed by atoms with Gasteiger partial charge in [-0.3, -0.25) is 9.10 Å². The van der Waals surface area contributed by atoms with E-state index in [1.165, 1.54) is 26.3 Å². The quantitative estimate of drug-likeness (QED) is 0.542. The molecule has 3 aromatic carbocycles. The molecule has 0 bridgehead atoms. The lowest BCUT2D eigenvalue weighted by molar-refractivity contribution is 0.102. The molecule has 3 rings (SSSR count). The van der Waals surface area contributed by atoms with Crippen LogP contribution in [0.1, 0.15) is 22.8 Å². The Kier molecular flexibility index (Phi) is 7.05. The molecule has 32 heavy (non-hydrogen) atoms. The second-order valence-electron chi connectivity index (χ2n) is 7.03. The molecule has 0 aromatic heterocycles. The monoisotopic (exact) mass is 454 g/mol. The van der Waals surface area contributed by atoms with E-state index in [-0.39, 0.29) is 10.5 Å². The maximum atomic E-state index is 13.3. The number of sulfonamides is 1. The largest absolute Gasteiger partial charge is 0.495 e. The first-order chi connectivity index (χ1) is 15.3. The number of ether oxygens (including phenoxy) is 2. The molecule has 7 nitrogen and oxygen atoms in total. The van der Waals surface area contributed by atoms with Crippen molar-refractivity contribution in [3.05, 3.63) is 77.9 Å². The average Bonchev–Trinajstić information content (AvgIpc) is 2.80. The van der Waals surface area contributed by atoms with E-state index in [1.807, 2.05) is 6.92 Å². The normalized spacial score (nSPS) is 11.0. The highest BCUT2D eigenvalue weighted by molar-refractivity contribution is 7.92. The van der Waals surface area contributed by atoms with Gasteiger partial charge in [-0.2, -0.15) is 0 Å². The number of para-hydroxylation sites is 2. The number of aryl methyl sites for hydroxylation is 1. The summed E-state index contributed by atoms with van der Waals surface area (Å²) in [6.45, 7) is 4.20. The minimum absolute atomic E-state index is 0.00773. The van der Waals surface area contributed by atoms with Gasteiger partial charge in [-0.05, 0) is 67.9 Å². The number of methoxy groups -OCH3 is 1. The fourth-order valence-electron chi connectivity index (χ4n) is 3.18. The molecule has 0 aliphatic carbocycles. The Bertz CT molecular complexity index is 1210. The summed E-state index contributed by atoms with van der Waals surface area (Å²) in [4.78, 5) is 12.9. The Morgan fingerprint density at radius 3 is 2.38 bits per heavy atom. The maximum Gasteiger partial charge on any atom is 0.264 e. The summed E-state index contributed by atoms with van der Waals surface area (Å²) in [7, 11) is -0.994. The smallest absolute Gasteiger partial charge is 0.264 e. The van der Waals surface area contributed by atoms with Gasteiger partial charge in [0.1, 0.15) is 11.5 Å². The number of anilines is 2. The van der Waals surface area contributed by atoms with Gasteiger partial charge in [0.05, 0.1) is 24.3 Å². The summed E-state index contributed by atoms with van der Waals surface area (Å²) < 4.78 is 38.4. The Morgan fingerprint density at radius 2 is 1.72 bits per heavy atom. The highest BCUT2D eigenvalue weighted by Crippen LogP contribution is 2.31. The molecule has 3 aromatic rings. The van der Waals surface area contributed by atoms with Gasteiger partial charge >= 0.3 is 0 Å². The molecule has 0 unspecified atom stereocenters. The number of carbonyl (C=O) groups excluding carboxylic acids is 1. The zero-order chi connectivity index (χ0) is 23.3. The van der Waals surface area contributed by atoms with E-state index in [0.29, 0.717) is 35.0 Å². The van der Waals surface area contributed by atoms with E-state index in [9.17, 15) is 13.2 Å². The molecule has 168 valence electrons. The van der Waals surface area contributed by atoms with E-state index >= 15 is 0 Å². The second-order valence-corrected chi connectivity index (χ2v) is 9.00. The zero-order valence-electron chi connectivity index (χ0n) is 18.5. The van der Waals surface area contributed by atoms with Gasteiger partial charge in [0.15, 0.2) is 0 Å². The average molecular weight is 455 g/mol. The first-order valence-corrected chi connectivity index (χ1v) is 11.5. The van der Waals surface area contributed by atoms with Crippen molar-refractivity contribution in [1.29, 1.82) is 0 Å². The summed E-state index contributed by atoms with van der Waals surface area (Å²) in [5.41, 5.74) is 1.91. The molecule has 0 saturated carbocycles. The van der Waals surface area contributed by atoms with Crippen LogP contribution in [0.25, 0.3) is 0 Å². The van der Waals surface area contributed by atoms with Gasteiger partial charge in [0.25, 0.3) is 15.9 Å². The SMILES string of the molecule is CCOc1ccc(NC(=O)c2cc(S(=O)(=O)N(C)c3ccccc3OC)ccc2C)cc1. The van der Waals surface area contributed by atoms with Gasteiger partial charge in [-0.15, -0.1) is 0 Å². The lowest BCUT2D eigenvalue weighted by atomic mass is 10.1. The van der Waals surface area contributed by atoms with Crippen molar-refractivity contribution < 1.29 is 22.7 Å². The van der Waals surface area contributed by atoms with Crippen LogP contribution in [0.15, 0.2) is 71.6 Å². The number of rotatable bonds is 8. The van der Waals surface area contributed by atoms with Crippen LogP contribution < -0.4 is 19.1 Å². The molecule has 0 aliphatic rings. The van der Waals surface area contributed by atoms with Crippen molar-refractivity contribution in [2.45, 2.75) is 18.7 Å². The summed E-state index contributed by atoms with van der Waals surface area (Å²) in [6, 6.07) is 18.3. The Hall–Kier alpha value is -3.52. The molecule has 0 spiro atoms. The van der Waals surface area contributed by atoms with Crippen LogP contribution >= 0.6 is 0 Å². The summed E-state index contributed by atoms with van der Waals surface area (Å²) >= 11 is 0. The number of hydrogen-bond acceptors (Lipinski definition) is 5. The van der Waals surface area contributed by atoms with Gasteiger partial charge in [0.2, 0.25) is 0 Å². The molecule has 0 radical (unpaired) electrons. The fourth-order valence-corrected chi connectivity index (χ4v) is 4.42. The molecule has 0 aliphatic heterocycles. The van der Waals surface area contributed by atoms with Gasteiger partial charge in [-0.25, -0.2) is 8.42 Å². The van der Waals surface area contributed by atoms with Crippen molar-refractivity contribution in [3.63, 3.8) is 0 Å². The second kappa shape index (κ2) is 9.74. The number of carbonyl (C=O) groups is 1. The number of nitrogens with one attached hydrogen (secondary N) is 1. The van der Waals surface area contributed by atoms with Crippen molar-refractivity contribution >= 4 is 27.3 Å². The van der Waals surface area contributed by atoms with Crippen molar-refractivity contribution in [2.75, 3.05) is 30.4 Å². The number of nitrogens with zero attached hydrogens (tertiary/aromatic N) is 1. The minimum Gasteiger partial charge on any atom is -0.495 e. The lowest BCUT2D eigenvalue weighted by Gasteiger charge is -2.22. The molecule has 0 heterocycles. The fraction of sp³-hybridized carbons (Fsp3) is 0.208. The number of hydrogen-bond donors (Lipinski definition) is 1. The Morgan fingerprint density at radius 1 is 1.03 bits per heavy atom. The van der Waals surface area contributed by atoms with E-state index < -0.39 is 15.9 Å². The molecule has 8 heteroatoms. The van der Waals surface area contributed by atoms with Crippen LogP contribution in [0.2, 0.25) is 0 Å².